The number of ether oxygens (including phenoxy) is 1. The lowest BCUT2D eigenvalue weighted by Crippen LogP contribution is -2.48. The van der Waals surface area contributed by atoms with Gasteiger partial charge in [-0.25, -0.2) is 9.37 Å². The highest BCUT2D eigenvalue weighted by atomic mass is 19.1. The van der Waals surface area contributed by atoms with Crippen LogP contribution in [0.3, 0.4) is 0 Å². The van der Waals surface area contributed by atoms with E-state index < -0.39 is 0 Å². The Morgan fingerprint density at radius 3 is 2.83 bits per heavy atom. The van der Waals surface area contributed by atoms with Gasteiger partial charge in [0.15, 0.2) is 0 Å². The average molecular weight is 331 g/mol. The van der Waals surface area contributed by atoms with Gasteiger partial charge in [0.25, 0.3) is 0 Å². The molecule has 0 unspecified atom stereocenters. The van der Waals surface area contributed by atoms with Crippen LogP contribution in [0.5, 0.6) is 0 Å². The fraction of sp³-hybridized carbons (Fsp3) is 0.500. The molecular weight excluding hydrogens is 309 g/mol. The van der Waals surface area contributed by atoms with Gasteiger partial charge in [-0.15, -0.1) is 0 Å². The maximum Gasteiger partial charge on any atom is 0.149 e. The van der Waals surface area contributed by atoms with Crippen molar-refractivity contribution in [1.82, 2.24) is 14.8 Å². The van der Waals surface area contributed by atoms with Gasteiger partial charge in [0.2, 0.25) is 0 Å². The molecule has 2 saturated heterocycles. The number of para-hydroxylation sites is 1. The van der Waals surface area contributed by atoms with E-state index in [1.165, 1.54) is 6.07 Å². The molecule has 0 saturated carbocycles. The summed E-state index contributed by atoms with van der Waals surface area (Å²) in [6.07, 6.45) is -0.361. The van der Waals surface area contributed by atoms with E-state index in [1.807, 2.05) is 18.2 Å². The second kappa shape index (κ2) is 6.72. The predicted octanol–water partition coefficient (Wildman–Crippen LogP) is 1.25. The number of hydrogen-bond donors (Lipinski definition) is 1. The van der Waals surface area contributed by atoms with Gasteiger partial charge in [-0.1, -0.05) is 18.2 Å². The highest BCUT2D eigenvalue weighted by Crippen LogP contribution is 2.21. The minimum atomic E-state index is -0.361. The van der Waals surface area contributed by atoms with Crippen molar-refractivity contribution < 1.29 is 14.2 Å². The monoisotopic (exact) mass is 331 g/mol. The van der Waals surface area contributed by atoms with E-state index >= 15 is 0 Å². The predicted molar refractivity (Wildman–Crippen MR) is 89.2 cm³/mol. The Kier molecular flexibility index (Phi) is 4.45. The van der Waals surface area contributed by atoms with Crippen molar-refractivity contribution in [3.05, 3.63) is 41.8 Å². The summed E-state index contributed by atoms with van der Waals surface area (Å²) >= 11 is 0. The molecule has 2 fully saturated rings. The summed E-state index contributed by atoms with van der Waals surface area (Å²) in [5, 5.41) is 11.2. The number of fused-ring (bicyclic) bond motifs is 1. The molecule has 1 aromatic carbocycles. The first-order chi connectivity index (χ1) is 11.7. The molecule has 0 radical (unpaired) electrons. The summed E-state index contributed by atoms with van der Waals surface area (Å²) < 4.78 is 19.3. The van der Waals surface area contributed by atoms with Crippen LogP contribution in [0.2, 0.25) is 0 Å². The third-order valence-corrected chi connectivity index (χ3v) is 4.96. The molecule has 128 valence electrons. The summed E-state index contributed by atoms with van der Waals surface area (Å²) in [6.45, 7) is 5.26. The average Bonchev–Trinajstić information content (AvgIpc) is 2.97. The number of aromatic nitrogens is 1. The summed E-state index contributed by atoms with van der Waals surface area (Å²) in [5.41, 5.74) is 1.25. The number of rotatable bonds is 3. The molecule has 24 heavy (non-hydrogen) atoms. The number of nitrogens with zero attached hydrogens (tertiary/aromatic N) is 3. The number of benzene rings is 1. The van der Waals surface area contributed by atoms with Gasteiger partial charge in [-0.05, 0) is 12.1 Å². The zero-order valence-electron chi connectivity index (χ0n) is 13.6. The maximum absolute atomic E-state index is 13.9. The van der Waals surface area contributed by atoms with Crippen LogP contribution < -0.4 is 0 Å². The second-order valence-corrected chi connectivity index (χ2v) is 6.59. The summed E-state index contributed by atoms with van der Waals surface area (Å²) in [5.74, 6) is -0.290. The number of halogens is 1. The highest BCUT2D eigenvalue weighted by Gasteiger charge is 2.36. The molecule has 0 spiro atoms. The van der Waals surface area contributed by atoms with E-state index in [4.69, 9.17) is 4.74 Å². The molecule has 2 aliphatic rings. The molecule has 1 aromatic heterocycles. The van der Waals surface area contributed by atoms with E-state index in [-0.39, 0.29) is 18.0 Å². The van der Waals surface area contributed by atoms with Crippen LogP contribution in [0.1, 0.15) is 5.69 Å². The Hall–Kier alpha value is -1.60. The quantitative estimate of drug-likeness (QED) is 0.917. The largest absolute Gasteiger partial charge is 0.390 e. The first-order valence-electron chi connectivity index (χ1n) is 8.47. The van der Waals surface area contributed by atoms with Crippen LogP contribution in [0.25, 0.3) is 10.9 Å². The van der Waals surface area contributed by atoms with Gasteiger partial charge in [0.05, 0.1) is 25.0 Å². The number of hydrogen-bond acceptors (Lipinski definition) is 5. The van der Waals surface area contributed by atoms with E-state index in [2.05, 4.69) is 14.8 Å². The van der Waals surface area contributed by atoms with Crippen molar-refractivity contribution in [2.24, 2.45) is 0 Å². The molecule has 6 heteroatoms. The number of pyridine rings is 1. The van der Waals surface area contributed by atoms with Gasteiger partial charge >= 0.3 is 0 Å². The molecule has 3 heterocycles. The van der Waals surface area contributed by atoms with Gasteiger partial charge < -0.3 is 9.84 Å². The molecule has 0 aliphatic carbocycles. The molecule has 0 bridgehead atoms. The fourth-order valence-corrected chi connectivity index (χ4v) is 3.71. The van der Waals surface area contributed by atoms with Crippen molar-refractivity contribution in [3.8, 4) is 0 Å². The van der Waals surface area contributed by atoms with Crippen molar-refractivity contribution in [1.29, 1.82) is 0 Å². The highest BCUT2D eigenvalue weighted by molar-refractivity contribution is 5.79. The molecule has 4 rings (SSSR count). The fourth-order valence-electron chi connectivity index (χ4n) is 3.71. The van der Waals surface area contributed by atoms with Crippen LogP contribution in [-0.2, 0) is 11.3 Å². The molecule has 2 aromatic rings. The topological polar surface area (TPSA) is 48.8 Å². The van der Waals surface area contributed by atoms with Gasteiger partial charge in [0, 0.05) is 44.2 Å². The normalized spacial score (nSPS) is 26.2. The van der Waals surface area contributed by atoms with Crippen molar-refractivity contribution in [2.75, 3.05) is 39.4 Å². The first kappa shape index (κ1) is 15.9. The Morgan fingerprint density at radius 2 is 2.00 bits per heavy atom. The number of likely N-dealkylation sites (tertiary alicyclic amines) is 1. The molecule has 2 atom stereocenters. The first-order valence-corrected chi connectivity index (χ1v) is 8.47. The lowest BCUT2D eigenvalue weighted by atomic mass is 10.1. The second-order valence-electron chi connectivity index (χ2n) is 6.59. The van der Waals surface area contributed by atoms with E-state index in [1.54, 1.807) is 6.07 Å². The van der Waals surface area contributed by atoms with Gasteiger partial charge in [-0.3, -0.25) is 9.80 Å². The molecule has 1 N–H and O–H groups in total. The zero-order chi connectivity index (χ0) is 16.5. The third-order valence-electron chi connectivity index (χ3n) is 4.96. The standard InChI is InChI=1S/C18H22FN3O2/c19-15-3-1-2-13-4-5-14(20-18(13)15)10-21-11-16(17(23)12-21)22-6-8-24-9-7-22/h1-5,16-17,23H,6-12H2/t16-,17-/m1/s1. The van der Waals surface area contributed by atoms with E-state index in [9.17, 15) is 9.50 Å². The minimum Gasteiger partial charge on any atom is -0.390 e. The van der Waals surface area contributed by atoms with E-state index in [0.29, 0.717) is 18.6 Å². The van der Waals surface area contributed by atoms with Gasteiger partial charge in [-0.2, -0.15) is 0 Å². The number of β-amino-alcohol motifs (C(OH)–C–C–N with tert-alkyl or cyclic N) is 1. The maximum atomic E-state index is 13.9. The Balaban J connectivity index is 1.46. The Bertz CT molecular complexity index is 720. The smallest absolute Gasteiger partial charge is 0.149 e. The number of aliphatic hydroxyl groups is 1. The number of aliphatic hydroxyl groups excluding tert-OH is 1. The lowest BCUT2D eigenvalue weighted by Gasteiger charge is -2.33. The van der Waals surface area contributed by atoms with Gasteiger partial charge in [0.1, 0.15) is 11.3 Å². The number of morpholine rings is 1. The third kappa shape index (κ3) is 3.15. The minimum absolute atomic E-state index is 0.145. The zero-order valence-corrected chi connectivity index (χ0v) is 13.6. The van der Waals surface area contributed by atoms with Crippen LogP contribution in [0, 0.1) is 5.82 Å². The van der Waals surface area contributed by atoms with Crippen molar-refractivity contribution in [2.45, 2.75) is 18.7 Å². The lowest BCUT2D eigenvalue weighted by molar-refractivity contribution is -0.00618. The van der Waals surface area contributed by atoms with Crippen LogP contribution >= 0.6 is 0 Å². The SMILES string of the molecule is O[C@@H]1CN(Cc2ccc3cccc(F)c3n2)C[C@H]1N1CCOCC1. The van der Waals surface area contributed by atoms with Crippen LogP contribution in [0.4, 0.5) is 4.39 Å². The molecule has 2 aliphatic heterocycles. The van der Waals surface area contributed by atoms with Crippen molar-refractivity contribution in [3.63, 3.8) is 0 Å². The summed E-state index contributed by atoms with van der Waals surface area (Å²) in [4.78, 5) is 8.97. The molecule has 0 amide bonds. The Labute approximate surface area is 140 Å². The Morgan fingerprint density at radius 1 is 1.17 bits per heavy atom. The van der Waals surface area contributed by atoms with E-state index in [0.717, 1.165) is 43.9 Å². The van der Waals surface area contributed by atoms with Crippen molar-refractivity contribution >= 4 is 10.9 Å². The van der Waals surface area contributed by atoms with Crippen LogP contribution in [-0.4, -0.2) is 71.4 Å². The van der Waals surface area contributed by atoms with Crippen LogP contribution in [0.15, 0.2) is 30.3 Å². The molecular formula is C18H22FN3O2. The summed E-state index contributed by atoms with van der Waals surface area (Å²) in [6, 6.07) is 8.99. The molecule has 5 nitrogen and oxygen atoms in total. The summed E-state index contributed by atoms with van der Waals surface area (Å²) in [7, 11) is 0.